The third-order valence-corrected chi connectivity index (χ3v) is 3.94. The molecule has 0 fully saturated rings. The highest BCUT2D eigenvalue weighted by Gasteiger charge is 2.29. The summed E-state index contributed by atoms with van der Waals surface area (Å²) in [6, 6.07) is 8.73. The number of aliphatic hydroxyl groups excluding tert-OH is 1. The Bertz CT molecular complexity index is 832. The van der Waals surface area contributed by atoms with Gasteiger partial charge in [-0.25, -0.2) is 8.78 Å². The van der Waals surface area contributed by atoms with Gasteiger partial charge in [-0.3, -0.25) is 10.2 Å². The molecule has 0 saturated heterocycles. The van der Waals surface area contributed by atoms with Gasteiger partial charge in [-0.05, 0) is 18.6 Å². The predicted molar refractivity (Wildman–Crippen MR) is 103 cm³/mol. The van der Waals surface area contributed by atoms with E-state index in [1.807, 2.05) is 0 Å². The quantitative estimate of drug-likeness (QED) is 0.394. The number of nitrogens with two attached hydrogens (primary N) is 1. The highest BCUT2D eigenvalue weighted by atomic mass is 35.5. The van der Waals surface area contributed by atoms with E-state index in [0.717, 1.165) is 12.1 Å². The molecule has 0 bridgehead atoms. The maximum Gasteiger partial charge on any atom is 0.254 e. The van der Waals surface area contributed by atoms with Crippen molar-refractivity contribution in [3.05, 3.63) is 70.3 Å². The Morgan fingerprint density at radius 3 is 2.43 bits per heavy atom. The van der Waals surface area contributed by atoms with E-state index in [1.54, 1.807) is 31.2 Å². The zero-order chi connectivity index (χ0) is 20.0. The van der Waals surface area contributed by atoms with Gasteiger partial charge >= 0.3 is 0 Å². The van der Waals surface area contributed by atoms with Gasteiger partial charge in [-0.15, -0.1) is 12.4 Å². The summed E-state index contributed by atoms with van der Waals surface area (Å²) in [6.07, 6.45) is -1.49. The van der Waals surface area contributed by atoms with E-state index in [2.05, 4.69) is 5.32 Å². The largest absolute Gasteiger partial charge is 0.392 e. The number of hydrogen-bond acceptors (Lipinski definition) is 4. The first-order valence-electron chi connectivity index (χ1n) is 8.29. The van der Waals surface area contributed by atoms with Gasteiger partial charge in [-0.2, -0.15) is 0 Å². The Balaban J connectivity index is 0.00000392. The lowest BCUT2D eigenvalue weighted by molar-refractivity contribution is -0.133. The number of nitrogen functional groups attached to an aromatic ring is 1. The number of aliphatic hydroxyl groups is 1. The highest BCUT2D eigenvalue weighted by molar-refractivity contribution is 5.94. The topological polar surface area (TPSA) is 108 Å². The van der Waals surface area contributed by atoms with Crippen LogP contribution < -0.4 is 11.1 Å². The molecule has 2 aromatic rings. The Hall–Kier alpha value is -2.55. The fraction of sp³-hybridized carbons (Fsp3) is 0.263. The van der Waals surface area contributed by atoms with Gasteiger partial charge < -0.3 is 20.9 Å². The molecule has 28 heavy (non-hydrogen) atoms. The first-order valence-corrected chi connectivity index (χ1v) is 8.29. The third kappa shape index (κ3) is 5.48. The number of benzene rings is 2. The van der Waals surface area contributed by atoms with Crippen LogP contribution in [0.15, 0.2) is 36.4 Å². The predicted octanol–water partition coefficient (Wildman–Crippen LogP) is 2.56. The molecule has 0 aliphatic carbocycles. The van der Waals surface area contributed by atoms with Crippen LogP contribution in [-0.2, 0) is 22.7 Å². The molecule has 0 spiro atoms. The number of rotatable bonds is 8. The molecule has 0 aromatic heterocycles. The van der Waals surface area contributed by atoms with Gasteiger partial charge in [0.2, 0.25) is 0 Å². The number of carbonyl (C=O) groups is 1. The molecule has 1 amide bonds. The average Bonchev–Trinajstić information content (AvgIpc) is 2.66. The SMILES string of the molecule is CCOC(C(=O)NCc1ccc(C(=N)N)cc1)c1c(F)ccc(CO)c1F.Cl. The van der Waals surface area contributed by atoms with Crippen molar-refractivity contribution in [2.45, 2.75) is 26.2 Å². The fourth-order valence-corrected chi connectivity index (χ4v) is 2.52. The maximum atomic E-state index is 14.5. The van der Waals surface area contributed by atoms with Crippen LogP contribution in [0.2, 0.25) is 0 Å². The number of carbonyl (C=O) groups excluding carboxylic acids is 1. The lowest BCUT2D eigenvalue weighted by Gasteiger charge is -2.19. The Labute approximate surface area is 167 Å². The molecule has 0 saturated carbocycles. The summed E-state index contributed by atoms with van der Waals surface area (Å²) in [4.78, 5) is 12.5. The van der Waals surface area contributed by atoms with Crippen molar-refractivity contribution in [3.8, 4) is 0 Å². The molecule has 152 valence electrons. The molecule has 0 heterocycles. The number of halogens is 3. The molecule has 2 aromatic carbocycles. The van der Waals surface area contributed by atoms with E-state index in [9.17, 15) is 13.6 Å². The van der Waals surface area contributed by atoms with Gasteiger partial charge in [0.15, 0.2) is 6.10 Å². The minimum atomic E-state index is -1.49. The fourth-order valence-electron chi connectivity index (χ4n) is 2.52. The molecule has 1 unspecified atom stereocenters. The second kappa shape index (κ2) is 10.7. The number of nitrogens with one attached hydrogen (secondary N) is 2. The van der Waals surface area contributed by atoms with E-state index >= 15 is 0 Å². The van der Waals surface area contributed by atoms with Gasteiger partial charge in [0.1, 0.15) is 17.5 Å². The summed E-state index contributed by atoms with van der Waals surface area (Å²) in [7, 11) is 0. The summed E-state index contributed by atoms with van der Waals surface area (Å²) in [5.41, 5.74) is 5.99. The van der Waals surface area contributed by atoms with E-state index in [0.29, 0.717) is 11.1 Å². The molecule has 2 rings (SSSR count). The van der Waals surface area contributed by atoms with Crippen LogP contribution in [0.1, 0.15) is 35.3 Å². The van der Waals surface area contributed by atoms with Crippen LogP contribution in [0, 0.1) is 17.0 Å². The lowest BCUT2D eigenvalue weighted by atomic mass is 10.0. The molecule has 0 aliphatic rings. The summed E-state index contributed by atoms with van der Waals surface area (Å²) in [5, 5.41) is 19.1. The molecule has 0 radical (unpaired) electrons. The first kappa shape index (κ1) is 23.5. The summed E-state index contributed by atoms with van der Waals surface area (Å²) in [5.74, 6) is -2.71. The van der Waals surface area contributed by atoms with Crippen molar-refractivity contribution in [1.29, 1.82) is 5.41 Å². The zero-order valence-electron chi connectivity index (χ0n) is 15.2. The van der Waals surface area contributed by atoms with Crippen LogP contribution in [-0.4, -0.2) is 23.5 Å². The maximum absolute atomic E-state index is 14.5. The Morgan fingerprint density at radius 1 is 1.25 bits per heavy atom. The van der Waals surface area contributed by atoms with Crippen molar-refractivity contribution < 1.29 is 23.4 Å². The monoisotopic (exact) mass is 413 g/mol. The molecule has 5 N–H and O–H groups in total. The number of hydrogen-bond donors (Lipinski definition) is 4. The number of amides is 1. The first-order chi connectivity index (χ1) is 12.9. The second-order valence-electron chi connectivity index (χ2n) is 5.76. The van der Waals surface area contributed by atoms with Crippen molar-refractivity contribution >= 4 is 24.1 Å². The van der Waals surface area contributed by atoms with Crippen LogP contribution >= 0.6 is 12.4 Å². The summed E-state index contributed by atoms with van der Waals surface area (Å²) >= 11 is 0. The van der Waals surface area contributed by atoms with Gasteiger partial charge in [-0.1, -0.05) is 30.3 Å². The van der Waals surface area contributed by atoms with Crippen LogP contribution in [0.5, 0.6) is 0 Å². The summed E-state index contributed by atoms with van der Waals surface area (Å²) < 4.78 is 33.9. The second-order valence-corrected chi connectivity index (χ2v) is 5.76. The zero-order valence-corrected chi connectivity index (χ0v) is 16.0. The van der Waals surface area contributed by atoms with E-state index in [1.165, 1.54) is 0 Å². The number of ether oxygens (including phenoxy) is 1. The average molecular weight is 414 g/mol. The normalized spacial score (nSPS) is 11.4. The third-order valence-electron chi connectivity index (χ3n) is 3.94. The minimum absolute atomic E-state index is 0. The standard InChI is InChI=1S/C19H21F2N3O3.ClH/c1-2-27-17(15-14(20)8-7-13(10-25)16(15)21)19(26)24-9-11-3-5-12(6-4-11)18(22)23;/h3-8,17,25H,2,9-10H2,1H3,(H3,22,23)(H,24,26);1H. The van der Waals surface area contributed by atoms with Crippen molar-refractivity contribution in [2.24, 2.45) is 5.73 Å². The smallest absolute Gasteiger partial charge is 0.254 e. The van der Waals surface area contributed by atoms with Gasteiger partial charge in [0.25, 0.3) is 5.91 Å². The highest BCUT2D eigenvalue weighted by Crippen LogP contribution is 2.27. The molecular formula is C19H22ClF2N3O3. The Morgan fingerprint density at radius 2 is 1.89 bits per heavy atom. The molecule has 0 aliphatic heterocycles. The van der Waals surface area contributed by atoms with Crippen LogP contribution in [0.4, 0.5) is 8.78 Å². The van der Waals surface area contributed by atoms with E-state index < -0.39 is 35.8 Å². The molecule has 6 nitrogen and oxygen atoms in total. The molecular weight excluding hydrogens is 392 g/mol. The van der Waals surface area contributed by atoms with Crippen LogP contribution in [0.25, 0.3) is 0 Å². The van der Waals surface area contributed by atoms with E-state index in [-0.39, 0.29) is 37.0 Å². The molecule has 9 heteroatoms. The van der Waals surface area contributed by atoms with Gasteiger partial charge in [0.05, 0.1) is 12.2 Å². The summed E-state index contributed by atoms with van der Waals surface area (Å²) in [6.45, 7) is 1.14. The van der Waals surface area contributed by atoms with Crippen LogP contribution in [0.3, 0.4) is 0 Å². The van der Waals surface area contributed by atoms with E-state index in [4.69, 9.17) is 21.0 Å². The van der Waals surface area contributed by atoms with Crippen molar-refractivity contribution in [1.82, 2.24) is 5.32 Å². The lowest BCUT2D eigenvalue weighted by Crippen LogP contribution is -2.32. The van der Waals surface area contributed by atoms with Crippen molar-refractivity contribution in [3.63, 3.8) is 0 Å². The van der Waals surface area contributed by atoms with Gasteiger partial charge in [0, 0.05) is 24.3 Å². The Kier molecular flexibility index (Phi) is 8.98. The number of amidine groups is 1. The minimum Gasteiger partial charge on any atom is -0.392 e. The molecule has 1 atom stereocenters. The van der Waals surface area contributed by atoms with Crippen molar-refractivity contribution in [2.75, 3.05) is 6.61 Å².